The first-order valence-corrected chi connectivity index (χ1v) is 7.98. The average molecular weight is 333 g/mol. The van der Waals surface area contributed by atoms with Crippen molar-refractivity contribution in [3.63, 3.8) is 0 Å². The Balaban J connectivity index is 1.93. The van der Waals surface area contributed by atoms with E-state index in [0.717, 1.165) is 5.56 Å². The lowest BCUT2D eigenvalue weighted by atomic mass is 10.0. The number of rotatable bonds is 6. The maximum atomic E-state index is 12.7. The van der Waals surface area contributed by atoms with Gasteiger partial charge in [0.25, 0.3) is 0 Å². The number of carbonyl (C=O) groups is 1. The van der Waals surface area contributed by atoms with E-state index < -0.39 is 0 Å². The van der Waals surface area contributed by atoms with Crippen LogP contribution in [0.5, 0.6) is 11.5 Å². The number of hydrogen-bond donors (Lipinski definition) is 2. The summed E-state index contributed by atoms with van der Waals surface area (Å²) in [6.45, 7) is 0.508. The van der Waals surface area contributed by atoms with Crippen molar-refractivity contribution < 1.29 is 14.6 Å². The molecule has 0 saturated carbocycles. The van der Waals surface area contributed by atoms with E-state index in [9.17, 15) is 9.90 Å². The number of anilines is 1. The van der Waals surface area contributed by atoms with Crippen molar-refractivity contribution in [2.45, 2.75) is 6.54 Å². The first-order valence-electron chi connectivity index (χ1n) is 7.98. The molecule has 3 aromatic rings. The molecule has 0 heterocycles. The van der Waals surface area contributed by atoms with Gasteiger partial charge in [0, 0.05) is 12.1 Å². The predicted molar refractivity (Wildman–Crippen MR) is 98.3 cm³/mol. The number of carbonyl (C=O) groups excluding carboxylic acids is 1. The lowest BCUT2D eigenvalue weighted by Crippen LogP contribution is -2.06. The van der Waals surface area contributed by atoms with E-state index in [1.54, 1.807) is 36.4 Å². The summed E-state index contributed by atoms with van der Waals surface area (Å²) in [5.41, 5.74) is 2.23. The lowest BCUT2D eigenvalue weighted by molar-refractivity contribution is 0.103. The molecule has 0 radical (unpaired) electrons. The minimum absolute atomic E-state index is 0.107. The Bertz CT molecular complexity index is 861. The van der Waals surface area contributed by atoms with E-state index in [-0.39, 0.29) is 17.1 Å². The van der Waals surface area contributed by atoms with E-state index in [1.807, 2.05) is 36.4 Å². The Labute approximate surface area is 146 Å². The number of ketones is 1. The van der Waals surface area contributed by atoms with Gasteiger partial charge in [-0.05, 0) is 17.7 Å². The number of nitrogens with one attached hydrogen (secondary N) is 1. The number of benzene rings is 3. The zero-order valence-electron chi connectivity index (χ0n) is 13.9. The van der Waals surface area contributed by atoms with Gasteiger partial charge in [-0.15, -0.1) is 0 Å². The number of phenols is 1. The van der Waals surface area contributed by atoms with Gasteiger partial charge in [-0.25, -0.2) is 0 Å². The monoisotopic (exact) mass is 333 g/mol. The zero-order valence-corrected chi connectivity index (χ0v) is 13.9. The van der Waals surface area contributed by atoms with Crippen molar-refractivity contribution in [3.8, 4) is 11.5 Å². The second-order valence-corrected chi connectivity index (χ2v) is 5.57. The summed E-state index contributed by atoms with van der Waals surface area (Å²) < 4.78 is 5.32. The van der Waals surface area contributed by atoms with Crippen LogP contribution in [0.4, 0.5) is 5.69 Å². The smallest absolute Gasteiger partial charge is 0.196 e. The van der Waals surface area contributed by atoms with Crippen molar-refractivity contribution in [2.75, 3.05) is 12.4 Å². The van der Waals surface area contributed by atoms with Gasteiger partial charge < -0.3 is 15.2 Å². The molecular formula is C21H19NO3. The molecule has 4 nitrogen and oxygen atoms in total. The van der Waals surface area contributed by atoms with Crippen LogP contribution in [0.1, 0.15) is 21.5 Å². The van der Waals surface area contributed by atoms with Crippen LogP contribution < -0.4 is 10.1 Å². The van der Waals surface area contributed by atoms with Crippen LogP contribution in [-0.4, -0.2) is 18.0 Å². The third-order valence-electron chi connectivity index (χ3n) is 3.95. The topological polar surface area (TPSA) is 58.6 Å². The van der Waals surface area contributed by atoms with Crippen LogP contribution in [0, 0.1) is 0 Å². The van der Waals surface area contributed by atoms with Crippen molar-refractivity contribution in [3.05, 3.63) is 89.5 Å². The minimum atomic E-state index is -0.233. The highest BCUT2D eigenvalue weighted by Gasteiger charge is 2.19. The summed E-state index contributed by atoms with van der Waals surface area (Å²) in [4.78, 5) is 12.7. The molecule has 0 aliphatic rings. The van der Waals surface area contributed by atoms with Gasteiger partial charge in [0.15, 0.2) is 11.5 Å². The van der Waals surface area contributed by atoms with Gasteiger partial charge in [-0.1, -0.05) is 60.7 Å². The highest BCUT2D eigenvalue weighted by Crippen LogP contribution is 2.38. The highest BCUT2D eigenvalue weighted by molar-refractivity contribution is 6.11. The average Bonchev–Trinajstić information content (AvgIpc) is 2.67. The minimum Gasteiger partial charge on any atom is -0.505 e. The van der Waals surface area contributed by atoms with E-state index in [2.05, 4.69) is 5.32 Å². The van der Waals surface area contributed by atoms with E-state index in [0.29, 0.717) is 23.5 Å². The Morgan fingerprint density at radius 1 is 0.960 bits per heavy atom. The predicted octanol–water partition coefficient (Wildman–Crippen LogP) is 4.24. The Kier molecular flexibility index (Phi) is 5.00. The molecule has 0 bridgehead atoms. The van der Waals surface area contributed by atoms with Gasteiger partial charge in [0.05, 0.1) is 12.7 Å². The summed E-state index contributed by atoms with van der Waals surface area (Å²) in [7, 11) is 1.53. The molecule has 0 atom stereocenters. The molecule has 3 rings (SSSR count). The van der Waals surface area contributed by atoms with Crippen LogP contribution >= 0.6 is 0 Å². The largest absolute Gasteiger partial charge is 0.505 e. The van der Waals surface area contributed by atoms with Crippen molar-refractivity contribution >= 4 is 11.5 Å². The zero-order chi connectivity index (χ0) is 17.6. The third-order valence-corrected chi connectivity index (χ3v) is 3.95. The van der Waals surface area contributed by atoms with Gasteiger partial charge in [0.2, 0.25) is 0 Å². The van der Waals surface area contributed by atoms with Crippen LogP contribution in [0.25, 0.3) is 0 Å². The molecule has 4 heteroatoms. The molecule has 126 valence electrons. The normalized spacial score (nSPS) is 10.3. The fraction of sp³-hybridized carbons (Fsp3) is 0.0952. The molecule has 0 unspecified atom stereocenters. The second-order valence-electron chi connectivity index (χ2n) is 5.57. The second kappa shape index (κ2) is 7.53. The van der Waals surface area contributed by atoms with E-state index in [1.165, 1.54) is 7.11 Å². The fourth-order valence-corrected chi connectivity index (χ4v) is 2.63. The molecule has 2 N–H and O–H groups in total. The standard InChI is InChI=1S/C21H19NO3/c1-25-18-13-12-17(20(23)16-10-6-3-7-11-16)21(24)19(18)22-14-15-8-4-2-5-9-15/h2-13,22,24H,14H2,1H3. The molecule has 0 aromatic heterocycles. The molecule has 0 amide bonds. The molecule has 25 heavy (non-hydrogen) atoms. The SMILES string of the molecule is COc1ccc(C(=O)c2ccccc2)c(O)c1NCc1ccccc1. The van der Waals surface area contributed by atoms with Crippen LogP contribution in [0.3, 0.4) is 0 Å². The van der Waals surface area contributed by atoms with Crippen molar-refractivity contribution in [1.82, 2.24) is 0 Å². The van der Waals surface area contributed by atoms with Crippen LogP contribution in [0.15, 0.2) is 72.8 Å². The Hall–Kier alpha value is -3.27. The van der Waals surface area contributed by atoms with Gasteiger partial charge in [-0.2, -0.15) is 0 Å². The number of ether oxygens (including phenoxy) is 1. The van der Waals surface area contributed by atoms with Crippen LogP contribution in [0.2, 0.25) is 0 Å². The van der Waals surface area contributed by atoms with Crippen LogP contribution in [-0.2, 0) is 6.54 Å². The Morgan fingerprint density at radius 3 is 2.24 bits per heavy atom. The molecular weight excluding hydrogens is 314 g/mol. The lowest BCUT2D eigenvalue weighted by Gasteiger charge is -2.15. The molecule has 0 saturated heterocycles. The highest BCUT2D eigenvalue weighted by atomic mass is 16.5. The van der Waals surface area contributed by atoms with Gasteiger partial charge in [-0.3, -0.25) is 4.79 Å². The molecule has 3 aromatic carbocycles. The maximum absolute atomic E-state index is 12.7. The Morgan fingerprint density at radius 2 is 1.60 bits per heavy atom. The number of methoxy groups -OCH3 is 1. The molecule has 0 aliphatic carbocycles. The van der Waals surface area contributed by atoms with E-state index >= 15 is 0 Å². The molecule has 0 aliphatic heterocycles. The van der Waals surface area contributed by atoms with Gasteiger partial charge in [0.1, 0.15) is 11.4 Å². The van der Waals surface area contributed by atoms with E-state index in [4.69, 9.17) is 4.74 Å². The molecule has 0 spiro atoms. The first kappa shape index (κ1) is 16.6. The summed E-state index contributed by atoms with van der Waals surface area (Å²) in [5.74, 6) is 0.144. The van der Waals surface area contributed by atoms with Crippen molar-refractivity contribution in [2.24, 2.45) is 0 Å². The fourth-order valence-electron chi connectivity index (χ4n) is 2.63. The summed E-state index contributed by atoms with van der Waals surface area (Å²) in [6.07, 6.45) is 0. The quantitative estimate of drug-likeness (QED) is 0.523. The maximum Gasteiger partial charge on any atom is 0.196 e. The summed E-state index contributed by atoms with van der Waals surface area (Å²) >= 11 is 0. The summed E-state index contributed by atoms with van der Waals surface area (Å²) in [6, 6.07) is 22.0. The third kappa shape index (κ3) is 3.63. The first-order chi connectivity index (χ1) is 12.2. The number of phenolic OH excluding ortho intramolecular Hbond substituents is 1. The number of aromatic hydroxyl groups is 1. The van der Waals surface area contributed by atoms with Gasteiger partial charge >= 0.3 is 0 Å². The molecule has 0 fully saturated rings. The summed E-state index contributed by atoms with van der Waals surface area (Å²) in [5, 5.41) is 13.8. The van der Waals surface area contributed by atoms with Crippen molar-refractivity contribution in [1.29, 1.82) is 0 Å². The number of hydrogen-bond acceptors (Lipinski definition) is 4.